The van der Waals surface area contributed by atoms with E-state index in [0.29, 0.717) is 28.1 Å². The second kappa shape index (κ2) is 8.69. The Balaban J connectivity index is 2.97. The first-order chi connectivity index (χ1) is 9.97. The molecule has 1 N–H and O–H groups in total. The summed E-state index contributed by atoms with van der Waals surface area (Å²) in [5.74, 6) is 0.130. The Morgan fingerprint density at radius 3 is 2.71 bits per heavy atom. The van der Waals surface area contributed by atoms with Crippen molar-refractivity contribution in [3.8, 4) is 11.5 Å². The number of rotatable bonds is 8. The van der Waals surface area contributed by atoms with Crippen molar-refractivity contribution in [2.75, 3.05) is 20.8 Å². The van der Waals surface area contributed by atoms with Crippen molar-refractivity contribution in [1.29, 1.82) is 0 Å². The van der Waals surface area contributed by atoms with Gasteiger partial charge in [0, 0.05) is 26.2 Å². The highest BCUT2D eigenvalue weighted by Gasteiger charge is 2.14. The molecule has 21 heavy (non-hydrogen) atoms. The minimum absolute atomic E-state index is 0.0319. The third-order valence-corrected chi connectivity index (χ3v) is 3.31. The first-order valence-electron chi connectivity index (χ1n) is 6.42. The second-order valence-corrected chi connectivity index (χ2v) is 5.27. The molecule has 0 spiro atoms. The summed E-state index contributed by atoms with van der Waals surface area (Å²) in [6.45, 7) is 2.56. The molecule has 116 valence electrons. The van der Waals surface area contributed by atoms with Crippen molar-refractivity contribution < 1.29 is 24.1 Å². The quantitative estimate of drug-likeness (QED) is 0.721. The van der Waals surface area contributed by atoms with Gasteiger partial charge in [-0.25, -0.2) is 4.79 Å². The van der Waals surface area contributed by atoms with E-state index in [2.05, 4.69) is 15.9 Å². The molecule has 0 aliphatic rings. The molecule has 5 nitrogen and oxygen atoms in total. The maximum atomic E-state index is 10.6. The number of aliphatic carboxylic acids is 1. The van der Waals surface area contributed by atoms with Gasteiger partial charge in [0.1, 0.15) is 0 Å². The number of carbonyl (C=O) groups is 1. The van der Waals surface area contributed by atoms with E-state index in [1.54, 1.807) is 26.4 Å². The van der Waals surface area contributed by atoms with Crippen LogP contribution in [0.3, 0.4) is 0 Å². The van der Waals surface area contributed by atoms with Crippen LogP contribution in [0.25, 0.3) is 6.08 Å². The van der Waals surface area contributed by atoms with Crippen LogP contribution in [-0.4, -0.2) is 38.0 Å². The van der Waals surface area contributed by atoms with Crippen molar-refractivity contribution in [2.24, 2.45) is 0 Å². The molecule has 0 fully saturated rings. The van der Waals surface area contributed by atoms with E-state index in [1.165, 1.54) is 6.08 Å². The van der Waals surface area contributed by atoms with Gasteiger partial charge in [-0.05, 0) is 46.6 Å². The van der Waals surface area contributed by atoms with Crippen LogP contribution in [0.1, 0.15) is 18.9 Å². The van der Waals surface area contributed by atoms with E-state index in [1.807, 2.05) is 6.92 Å². The molecule has 0 amide bonds. The monoisotopic (exact) mass is 358 g/mol. The number of methoxy groups -OCH3 is 2. The van der Waals surface area contributed by atoms with Gasteiger partial charge in [0.15, 0.2) is 11.5 Å². The SMILES string of the molecule is COCCC(C)Oc1c(Br)cc(/C=C/C(=O)O)cc1OC. The number of hydrogen-bond donors (Lipinski definition) is 1. The molecule has 0 aliphatic heterocycles. The van der Waals surface area contributed by atoms with Crippen LogP contribution in [0.5, 0.6) is 11.5 Å². The van der Waals surface area contributed by atoms with Crippen molar-refractivity contribution >= 4 is 28.0 Å². The van der Waals surface area contributed by atoms with E-state index >= 15 is 0 Å². The Labute approximate surface area is 132 Å². The van der Waals surface area contributed by atoms with Crippen LogP contribution >= 0.6 is 15.9 Å². The van der Waals surface area contributed by atoms with Crippen molar-refractivity contribution in [3.05, 3.63) is 28.2 Å². The summed E-state index contributed by atoms with van der Waals surface area (Å²) in [5.41, 5.74) is 0.706. The molecule has 0 bridgehead atoms. The van der Waals surface area contributed by atoms with Crippen LogP contribution in [0.4, 0.5) is 0 Å². The number of ether oxygens (including phenoxy) is 3. The number of hydrogen-bond acceptors (Lipinski definition) is 4. The molecule has 6 heteroatoms. The van der Waals surface area contributed by atoms with E-state index < -0.39 is 5.97 Å². The van der Waals surface area contributed by atoms with Gasteiger partial charge in [-0.2, -0.15) is 0 Å². The van der Waals surface area contributed by atoms with Crippen LogP contribution < -0.4 is 9.47 Å². The van der Waals surface area contributed by atoms with Crippen LogP contribution in [-0.2, 0) is 9.53 Å². The number of halogens is 1. The van der Waals surface area contributed by atoms with Crippen molar-refractivity contribution in [2.45, 2.75) is 19.4 Å². The van der Waals surface area contributed by atoms with Gasteiger partial charge in [0.25, 0.3) is 0 Å². The van der Waals surface area contributed by atoms with Crippen LogP contribution in [0.15, 0.2) is 22.7 Å². The standard InChI is InChI=1S/C15H19BrO5/c1-10(6-7-19-2)21-15-12(16)8-11(4-5-14(17)18)9-13(15)20-3/h4-5,8-10H,6-7H2,1-3H3,(H,17,18)/b5-4+. The van der Waals surface area contributed by atoms with Crippen LogP contribution in [0, 0.1) is 0 Å². The van der Waals surface area contributed by atoms with Gasteiger partial charge < -0.3 is 19.3 Å². The van der Waals surface area contributed by atoms with Gasteiger partial charge >= 0.3 is 5.97 Å². The molecular weight excluding hydrogens is 340 g/mol. The fourth-order valence-electron chi connectivity index (χ4n) is 1.66. The molecule has 0 heterocycles. The molecule has 1 atom stereocenters. The van der Waals surface area contributed by atoms with E-state index in [4.69, 9.17) is 19.3 Å². The average Bonchev–Trinajstić information content (AvgIpc) is 2.45. The van der Waals surface area contributed by atoms with Crippen molar-refractivity contribution in [1.82, 2.24) is 0 Å². The lowest BCUT2D eigenvalue weighted by molar-refractivity contribution is -0.131. The second-order valence-electron chi connectivity index (χ2n) is 4.42. The maximum absolute atomic E-state index is 10.6. The fourth-order valence-corrected chi connectivity index (χ4v) is 2.21. The summed E-state index contributed by atoms with van der Waals surface area (Å²) in [6.07, 6.45) is 3.29. The molecular formula is C15H19BrO5. The van der Waals surface area contributed by atoms with E-state index in [-0.39, 0.29) is 6.10 Å². The van der Waals surface area contributed by atoms with E-state index in [0.717, 1.165) is 12.5 Å². The van der Waals surface area contributed by atoms with Gasteiger partial charge in [0.05, 0.1) is 17.7 Å². The maximum Gasteiger partial charge on any atom is 0.328 e. The highest BCUT2D eigenvalue weighted by molar-refractivity contribution is 9.10. The first kappa shape index (κ1) is 17.5. The van der Waals surface area contributed by atoms with Gasteiger partial charge in [-0.3, -0.25) is 0 Å². The lowest BCUT2D eigenvalue weighted by atomic mass is 10.2. The molecule has 0 aliphatic carbocycles. The zero-order chi connectivity index (χ0) is 15.8. The predicted octanol–water partition coefficient (Wildman–Crippen LogP) is 3.36. The highest BCUT2D eigenvalue weighted by Crippen LogP contribution is 2.37. The molecule has 1 aromatic carbocycles. The summed E-state index contributed by atoms with van der Waals surface area (Å²) in [7, 11) is 3.19. The predicted molar refractivity (Wildman–Crippen MR) is 83.9 cm³/mol. The molecule has 1 rings (SSSR count). The summed E-state index contributed by atoms with van der Waals surface area (Å²) < 4.78 is 16.9. The van der Waals surface area contributed by atoms with Gasteiger partial charge in [-0.15, -0.1) is 0 Å². The molecule has 0 aromatic heterocycles. The molecule has 0 radical (unpaired) electrons. The van der Waals surface area contributed by atoms with Gasteiger partial charge in [-0.1, -0.05) is 0 Å². The Bertz CT molecular complexity index is 513. The Hall–Kier alpha value is -1.53. The molecule has 1 aromatic rings. The first-order valence-corrected chi connectivity index (χ1v) is 7.21. The fraction of sp³-hybridized carbons (Fsp3) is 0.400. The number of carboxylic acids is 1. The number of carboxylic acid groups (broad SMARTS) is 1. The average molecular weight is 359 g/mol. The molecule has 0 saturated heterocycles. The van der Waals surface area contributed by atoms with E-state index in [9.17, 15) is 4.79 Å². The molecule has 1 unspecified atom stereocenters. The zero-order valence-corrected chi connectivity index (χ0v) is 13.8. The summed E-state index contributed by atoms with van der Waals surface area (Å²) >= 11 is 3.42. The Morgan fingerprint density at radius 1 is 1.43 bits per heavy atom. The van der Waals surface area contributed by atoms with Crippen molar-refractivity contribution in [3.63, 3.8) is 0 Å². The lowest BCUT2D eigenvalue weighted by Crippen LogP contribution is -2.15. The highest BCUT2D eigenvalue weighted by atomic mass is 79.9. The van der Waals surface area contributed by atoms with Gasteiger partial charge in [0.2, 0.25) is 0 Å². The minimum Gasteiger partial charge on any atom is -0.493 e. The Morgan fingerprint density at radius 2 is 2.14 bits per heavy atom. The Kier molecular flexibility index (Phi) is 7.25. The van der Waals surface area contributed by atoms with Crippen LogP contribution in [0.2, 0.25) is 0 Å². The lowest BCUT2D eigenvalue weighted by Gasteiger charge is -2.18. The topological polar surface area (TPSA) is 65.0 Å². The largest absolute Gasteiger partial charge is 0.493 e. The summed E-state index contributed by atoms with van der Waals surface area (Å²) in [4.78, 5) is 10.6. The summed E-state index contributed by atoms with van der Waals surface area (Å²) in [5, 5.41) is 8.66. The minimum atomic E-state index is -1.00. The third kappa shape index (κ3) is 5.77. The number of benzene rings is 1. The summed E-state index contributed by atoms with van der Waals surface area (Å²) in [6, 6.07) is 3.50. The normalized spacial score (nSPS) is 12.4. The third-order valence-electron chi connectivity index (χ3n) is 2.72. The zero-order valence-electron chi connectivity index (χ0n) is 12.3. The smallest absolute Gasteiger partial charge is 0.328 e. The molecule has 0 saturated carbocycles.